The van der Waals surface area contributed by atoms with Crippen molar-refractivity contribution in [2.24, 2.45) is 0 Å². The number of ether oxygens (including phenoxy) is 1. The van der Waals surface area contributed by atoms with Crippen LogP contribution in [0.3, 0.4) is 0 Å². The van der Waals surface area contributed by atoms with Gasteiger partial charge in [0.15, 0.2) is 11.6 Å². The Bertz CT molecular complexity index is 513. The number of halogens is 1. The summed E-state index contributed by atoms with van der Waals surface area (Å²) in [5.74, 6) is -0.272. The van der Waals surface area contributed by atoms with Crippen LogP contribution in [0, 0.1) is 12.7 Å². The van der Waals surface area contributed by atoms with Crippen LogP contribution in [0.2, 0.25) is 0 Å². The number of hydrogen-bond donors (Lipinski definition) is 1. The van der Waals surface area contributed by atoms with Crippen molar-refractivity contribution in [2.75, 3.05) is 0 Å². The van der Waals surface area contributed by atoms with Crippen LogP contribution in [0.5, 0.6) is 5.75 Å². The van der Waals surface area contributed by atoms with Gasteiger partial charge in [-0.25, -0.2) is 9.37 Å². The summed E-state index contributed by atoms with van der Waals surface area (Å²) < 4.78 is 18.8. The highest BCUT2D eigenvalue weighted by Crippen LogP contribution is 2.21. The molecular formula is C12H12FNO2S. The second-order valence-electron chi connectivity index (χ2n) is 3.56. The quantitative estimate of drug-likeness (QED) is 0.910. The summed E-state index contributed by atoms with van der Waals surface area (Å²) >= 11 is 1.52. The molecule has 0 fully saturated rings. The normalized spacial score (nSPS) is 10.5. The predicted molar refractivity (Wildman–Crippen MR) is 63.5 cm³/mol. The van der Waals surface area contributed by atoms with Crippen molar-refractivity contribution < 1.29 is 14.2 Å². The number of aliphatic hydroxyl groups is 1. The fourth-order valence-corrected chi connectivity index (χ4v) is 2.09. The molecule has 0 saturated carbocycles. The van der Waals surface area contributed by atoms with Crippen molar-refractivity contribution in [2.45, 2.75) is 20.1 Å². The first-order chi connectivity index (χ1) is 8.19. The molecule has 2 rings (SSSR count). The van der Waals surface area contributed by atoms with E-state index in [1.165, 1.54) is 23.5 Å². The lowest BCUT2D eigenvalue weighted by atomic mass is 10.2. The summed E-state index contributed by atoms with van der Waals surface area (Å²) in [4.78, 5) is 5.04. The van der Waals surface area contributed by atoms with Crippen molar-refractivity contribution >= 4 is 11.3 Å². The zero-order valence-corrected chi connectivity index (χ0v) is 10.1. The van der Waals surface area contributed by atoms with Gasteiger partial charge in [-0.15, -0.1) is 11.3 Å². The lowest BCUT2D eigenvalue weighted by Crippen LogP contribution is -1.96. The van der Waals surface area contributed by atoms with E-state index in [1.807, 2.05) is 6.92 Å². The molecule has 1 aromatic carbocycles. The minimum absolute atomic E-state index is 0.175. The van der Waals surface area contributed by atoms with Gasteiger partial charge < -0.3 is 9.84 Å². The van der Waals surface area contributed by atoms with Crippen LogP contribution in [0.15, 0.2) is 24.4 Å². The maximum absolute atomic E-state index is 13.5. The second kappa shape index (κ2) is 5.25. The average molecular weight is 253 g/mol. The van der Waals surface area contributed by atoms with Gasteiger partial charge in [-0.05, 0) is 24.6 Å². The maximum Gasteiger partial charge on any atom is 0.165 e. The van der Waals surface area contributed by atoms with Gasteiger partial charge in [0.25, 0.3) is 0 Å². The molecule has 0 unspecified atom stereocenters. The Morgan fingerprint density at radius 1 is 1.47 bits per heavy atom. The van der Waals surface area contributed by atoms with Crippen LogP contribution in [0.4, 0.5) is 4.39 Å². The van der Waals surface area contributed by atoms with Crippen molar-refractivity contribution in [3.63, 3.8) is 0 Å². The Labute approximate surface area is 103 Å². The highest BCUT2D eigenvalue weighted by molar-refractivity contribution is 7.11. The lowest BCUT2D eigenvalue weighted by Gasteiger charge is -2.06. The summed E-state index contributed by atoms with van der Waals surface area (Å²) in [5.41, 5.74) is 0.531. The fourth-order valence-electron chi connectivity index (χ4n) is 1.38. The van der Waals surface area contributed by atoms with E-state index in [9.17, 15) is 4.39 Å². The number of aromatic nitrogens is 1. The maximum atomic E-state index is 13.5. The summed E-state index contributed by atoms with van der Waals surface area (Å²) in [6.07, 6.45) is 1.72. The van der Waals surface area contributed by atoms with Gasteiger partial charge in [-0.2, -0.15) is 0 Å². The van der Waals surface area contributed by atoms with E-state index in [0.717, 1.165) is 9.88 Å². The largest absolute Gasteiger partial charge is 0.485 e. The first kappa shape index (κ1) is 12.0. The van der Waals surface area contributed by atoms with Gasteiger partial charge in [-0.1, -0.05) is 6.07 Å². The standard InChI is InChI=1S/C12H12FNO2S/c1-8-14-5-10(17-8)7-16-12-3-2-9(6-15)4-11(12)13/h2-5,15H,6-7H2,1H3. The smallest absolute Gasteiger partial charge is 0.165 e. The first-order valence-electron chi connectivity index (χ1n) is 5.12. The van der Waals surface area contributed by atoms with E-state index in [-0.39, 0.29) is 12.4 Å². The molecule has 0 aliphatic heterocycles. The van der Waals surface area contributed by atoms with Crippen LogP contribution in [-0.2, 0) is 13.2 Å². The van der Waals surface area contributed by atoms with Gasteiger partial charge in [-0.3, -0.25) is 0 Å². The molecule has 0 atom stereocenters. The number of nitrogens with zero attached hydrogens (tertiary/aromatic N) is 1. The van der Waals surface area contributed by atoms with Crippen LogP contribution in [-0.4, -0.2) is 10.1 Å². The van der Waals surface area contributed by atoms with E-state index in [4.69, 9.17) is 9.84 Å². The lowest BCUT2D eigenvalue weighted by molar-refractivity contribution is 0.277. The van der Waals surface area contributed by atoms with Crippen LogP contribution in [0.25, 0.3) is 0 Å². The summed E-state index contributed by atoms with van der Waals surface area (Å²) in [7, 11) is 0. The van der Waals surface area contributed by atoms with Crippen molar-refractivity contribution in [1.29, 1.82) is 0 Å². The molecule has 2 aromatic rings. The van der Waals surface area contributed by atoms with Gasteiger partial charge in [0, 0.05) is 6.20 Å². The molecule has 0 spiro atoms. The Balaban J connectivity index is 2.04. The Kier molecular flexibility index (Phi) is 3.71. The molecule has 17 heavy (non-hydrogen) atoms. The van der Waals surface area contributed by atoms with Gasteiger partial charge in [0.1, 0.15) is 6.61 Å². The minimum atomic E-state index is -0.460. The highest BCUT2D eigenvalue weighted by Gasteiger charge is 2.06. The molecule has 0 aliphatic carbocycles. The Hall–Kier alpha value is -1.46. The minimum Gasteiger partial charge on any atom is -0.485 e. The third-order valence-corrected chi connectivity index (χ3v) is 3.10. The molecule has 1 heterocycles. The van der Waals surface area contributed by atoms with Crippen LogP contribution >= 0.6 is 11.3 Å². The SMILES string of the molecule is Cc1ncc(COc2ccc(CO)cc2F)s1. The molecular weight excluding hydrogens is 241 g/mol. The van der Waals surface area contributed by atoms with Crippen LogP contribution in [0.1, 0.15) is 15.4 Å². The molecule has 1 aromatic heterocycles. The monoisotopic (exact) mass is 253 g/mol. The fraction of sp³-hybridized carbons (Fsp3) is 0.250. The molecule has 5 heteroatoms. The molecule has 0 saturated heterocycles. The van der Waals surface area contributed by atoms with Crippen LogP contribution < -0.4 is 4.74 Å². The number of rotatable bonds is 4. The molecule has 0 amide bonds. The number of aryl methyl sites for hydroxylation is 1. The zero-order valence-electron chi connectivity index (χ0n) is 9.31. The Morgan fingerprint density at radius 2 is 2.29 bits per heavy atom. The number of benzene rings is 1. The van der Waals surface area contributed by atoms with E-state index in [0.29, 0.717) is 12.2 Å². The molecule has 0 radical (unpaired) electrons. The number of aliphatic hydroxyl groups excluding tert-OH is 1. The third-order valence-electron chi connectivity index (χ3n) is 2.22. The van der Waals surface area contributed by atoms with Gasteiger partial charge in [0.05, 0.1) is 16.5 Å². The average Bonchev–Trinajstić information content (AvgIpc) is 2.73. The molecule has 0 aliphatic rings. The van der Waals surface area contributed by atoms with E-state index in [1.54, 1.807) is 12.3 Å². The predicted octanol–water partition coefficient (Wildman–Crippen LogP) is 2.66. The molecule has 3 nitrogen and oxygen atoms in total. The van der Waals surface area contributed by atoms with Crippen molar-refractivity contribution in [1.82, 2.24) is 4.98 Å². The molecule has 90 valence electrons. The summed E-state index contributed by atoms with van der Waals surface area (Å²) in [6, 6.07) is 4.43. The first-order valence-corrected chi connectivity index (χ1v) is 5.94. The Morgan fingerprint density at radius 3 is 2.88 bits per heavy atom. The van der Waals surface area contributed by atoms with Crippen molar-refractivity contribution in [3.05, 3.63) is 45.7 Å². The number of thiazole rings is 1. The molecule has 0 bridgehead atoms. The van der Waals surface area contributed by atoms with Gasteiger partial charge >= 0.3 is 0 Å². The topological polar surface area (TPSA) is 42.4 Å². The third kappa shape index (κ3) is 3.01. The highest BCUT2D eigenvalue weighted by atomic mass is 32.1. The molecule has 1 N–H and O–H groups in total. The zero-order chi connectivity index (χ0) is 12.3. The second-order valence-corrected chi connectivity index (χ2v) is 4.88. The van der Waals surface area contributed by atoms with Crippen molar-refractivity contribution in [3.8, 4) is 5.75 Å². The van der Waals surface area contributed by atoms with E-state index in [2.05, 4.69) is 4.98 Å². The summed E-state index contributed by atoms with van der Waals surface area (Å²) in [5, 5.41) is 9.81. The van der Waals surface area contributed by atoms with Gasteiger partial charge in [0.2, 0.25) is 0 Å². The van der Waals surface area contributed by atoms with E-state index >= 15 is 0 Å². The number of hydrogen-bond acceptors (Lipinski definition) is 4. The van der Waals surface area contributed by atoms with E-state index < -0.39 is 5.82 Å². The summed E-state index contributed by atoms with van der Waals surface area (Å²) in [6.45, 7) is 2.04.